The fraction of sp³-hybridized carbons (Fsp3) is 0.118. The summed E-state index contributed by atoms with van der Waals surface area (Å²) in [4.78, 5) is 20.6. The molecular formula is C17H14FN3OS. The fourth-order valence-electron chi connectivity index (χ4n) is 2.05. The number of benzene rings is 1. The zero-order valence-corrected chi connectivity index (χ0v) is 13.0. The molecule has 0 fully saturated rings. The Balaban J connectivity index is 1.58. The molecule has 0 saturated heterocycles. The van der Waals surface area contributed by atoms with Crippen LogP contribution in [0.1, 0.15) is 12.1 Å². The standard InChI is InChI=1S/C17H14FN3OS/c18-13-5-1-2-6-14(13)21-16(22)9-8-12-11-23-17(20-12)15-7-3-4-10-19-15/h1-7,10-11H,8-9H2,(H,21,22). The number of aromatic nitrogens is 2. The van der Waals surface area contributed by atoms with Crippen molar-refractivity contribution in [3.63, 3.8) is 0 Å². The number of nitrogens with zero attached hydrogens (tertiary/aromatic N) is 2. The van der Waals surface area contributed by atoms with Gasteiger partial charge in [0, 0.05) is 18.0 Å². The first-order valence-corrected chi connectivity index (χ1v) is 8.00. The lowest BCUT2D eigenvalue weighted by Gasteiger charge is -2.05. The van der Waals surface area contributed by atoms with E-state index in [0.29, 0.717) is 6.42 Å². The van der Waals surface area contributed by atoms with Gasteiger partial charge in [-0.2, -0.15) is 0 Å². The minimum absolute atomic E-state index is 0.199. The molecule has 0 radical (unpaired) electrons. The molecule has 0 aliphatic carbocycles. The van der Waals surface area contributed by atoms with E-state index in [-0.39, 0.29) is 18.0 Å². The van der Waals surface area contributed by atoms with Crippen LogP contribution in [0.15, 0.2) is 54.0 Å². The first-order valence-electron chi connectivity index (χ1n) is 7.12. The molecule has 1 N–H and O–H groups in total. The van der Waals surface area contributed by atoms with Crippen LogP contribution in [-0.4, -0.2) is 15.9 Å². The topological polar surface area (TPSA) is 54.9 Å². The number of hydrogen-bond donors (Lipinski definition) is 1. The average Bonchev–Trinajstić information content (AvgIpc) is 3.05. The van der Waals surface area contributed by atoms with E-state index in [1.54, 1.807) is 18.3 Å². The zero-order valence-electron chi connectivity index (χ0n) is 12.2. The van der Waals surface area contributed by atoms with Crippen LogP contribution in [0, 0.1) is 5.82 Å². The number of carbonyl (C=O) groups excluding carboxylic acids is 1. The lowest BCUT2D eigenvalue weighted by molar-refractivity contribution is -0.116. The largest absolute Gasteiger partial charge is 0.324 e. The third-order valence-electron chi connectivity index (χ3n) is 3.19. The number of aryl methyl sites for hydroxylation is 1. The van der Waals surface area contributed by atoms with Crippen LogP contribution < -0.4 is 5.32 Å². The van der Waals surface area contributed by atoms with Crippen molar-refractivity contribution in [1.82, 2.24) is 9.97 Å². The smallest absolute Gasteiger partial charge is 0.224 e. The number of rotatable bonds is 5. The van der Waals surface area contributed by atoms with Crippen LogP contribution in [0.4, 0.5) is 10.1 Å². The van der Waals surface area contributed by atoms with Gasteiger partial charge in [0.05, 0.1) is 17.1 Å². The maximum atomic E-state index is 13.5. The van der Waals surface area contributed by atoms with Crippen molar-refractivity contribution in [2.45, 2.75) is 12.8 Å². The number of carbonyl (C=O) groups is 1. The molecule has 6 heteroatoms. The highest BCUT2D eigenvalue weighted by Gasteiger charge is 2.09. The molecule has 3 rings (SSSR count). The maximum Gasteiger partial charge on any atom is 0.224 e. The van der Waals surface area contributed by atoms with Crippen molar-refractivity contribution in [3.05, 3.63) is 65.6 Å². The molecule has 0 atom stereocenters. The van der Waals surface area contributed by atoms with Crippen molar-refractivity contribution in [2.24, 2.45) is 0 Å². The van der Waals surface area contributed by atoms with Crippen molar-refractivity contribution in [3.8, 4) is 10.7 Å². The van der Waals surface area contributed by atoms with Crippen LogP contribution >= 0.6 is 11.3 Å². The molecule has 2 heterocycles. The van der Waals surface area contributed by atoms with Crippen molar-refractivity contribution >= 4 is 22.9 Å². The van der Waals surface area contributed by atoms with Crippen molar-refractivity contribution < 1.29 is 9.18 Å². The first-order chi connectivity index (χ1) is 11.2. The predicted octanol–water partition coefficient (Wildman–Crippen LogP) is 3.92. The second-order valence-corrected chi connectivity index (χ2v) is 5.75. The van der Waals surface area contributed by atoms with Crippen LogP contribution in [0.3, 0.4) is 0 Å². The molecular weight excluding hydrogens is 313 g/mol. The number of anilines is 1. The van der Waals surface area contributed by atoms with Gasteiger partial charge in [0.15, 0.2) is 0 Å². The van der Waals surface area contributed by atoms with Gasteiger partial charge in [-0.15, -0.1) is 11.3 Å². The molecule has 1 aromatic carbocycles. The van der Waals surface area contributed by atoms with E-state index in [1.165, 1.54) is 23.5 Å². The summed E-state index contributed by atoms with van der Waals surface area (Å²) in [5.41, 5.74) is 1.85. The summed E-state index contributed by atoms with van der Waals surface area (Å²) in [6.45, 7) is 0. The van der Waals surface area contributed by atoms with Crippen molar-refractivity contribution in [2.75, 3.05) is 5.32 Å². The Bertz CT molecular complexity index is 804. The second-order valence-electron chi connectivity index (χ2n) is 4.89. The Hall–Kier alpha value is -2.60. The summed E-state index contributed by atoms with van der Waals surface area (Å²) in [6, 6.07) is 11.8. The lowest BCUT2D eigenvalue weighted by Crippen LogP contribution is -2.13. The van der Waals surface area contributed by atoms with E-state index in [9.17, 15) is 9.18 Å². The number of thiazole rings is 1. The second kappa shape index (κ2) is 7.11. The van der Waals surface area contributed by atoms with Crippen LogP contribution in [0.2, 0.25) is 0 Å². The van der Waals surface area contributed by atoms with Gasteiger partial charge in [-0.25, -0.2) is 9.37 Å². The van der Waals surface area contributed by atoms with Gasteiger partial charge in [0.2, 0.25) is 5.91 Å². The van der Waals surface area contributed by atoms with Crippen LogP contribution in [-0.2, 0) is 11.2 Å². The van der Waals surface area contributed by atoms with E-state index < -0.39 is 5.82 Å². The normalized spacial score (nSPS) is 10.5. The van der Waals surface area contributed by atoms with Gasteiger partial charge in [0.25, 0.3) is 0 Å². The van der Waals surface area contributed by atoms with Gasteiger partial charge < -0.3 is 5.32 Å². The quantitative estimate of drug-likeness (QED) is 0.773. The van der Waals surface area contributed by atoms with Crippen LogP contribution in [0.25, 0.3) is 10.7 Å². The highest BCUT2D eigenvalue weighted by molar-refractivity contribution is 7.13. The monoisotopic (exact) mass is 327 g/mol. The molecule has 0 aliphatic heterocycles. The van der Waals surface area contributed by atoms with Crippen molar-refractivity contribution in [1.29, 1.82) is 0 Å². The Kier molecular flexibility index (Phi) is 4.73. The molecule has 0 unspecified atom stereocenters. The molecule has 0 aliphatic rings. The number of nitrogens with one attached hydrogen (secondary N) is 1. The molecule has 4 nitrogen and oxygen atoms in total. The molecule has 0 bridgehead atoms. The summed E-state index contributed by atoms with van der Waals surface area (Å²) in [5.74, 6) is -0.672. The summed E-state index contributed by atoms with van der Waals surface area (Å²) < 4.78 is 13.5. The Labute approximate surface area is 137 Å². The number of halogens is 1. The van der Waals surface area contributed by atoms with E-state index in [0.717, 1.165) is 16.4 Å². The van der Waals surface area contributed by atoms with Gasteiger partial charge in [-0.3, -0.25) is 9.78 Å². The summed E-state index contributed by atoms with van der Waals surface area (Å²) in [6.07, 6.45) is 2.47. The van der Waals surface area contributed by atoms with Gasteiger partial charge in [-0.05, 0) is 30.7 Å². The zero-order chi connectivity index (χ0) is 16.1. The fourth-order valence-corrected chi connectivity index (χ4v) is 2.88. The van der Waals surface area contributed by atoms with E-state index in [2.05, 4.69) is 15.3 Å². The van der Waals surface area contributed by atoms with E-state index in [4.69, 9.17) is 0 Å². The minimum Gasteiger partial charge on any atom is -0.324 e. The SMILES string of the molecule is O=C(CCc1csc(-c2ccccn2)n1)Nc1ccccc1F. The average molecular weight is 327 g/mol. The van der Waals surface area contributed by atoms with Gasteiger partial charge in [0.1, 0.15) is 10.8 Å². The molecule has 23 heavy (non-hydrogen) atoms. The molecule has 0 spiro atoms. The first kappa shape index (κ1) is 15.3. The predicted molar refractivity (Wildman–Crippen MR) is 88.7 cm³/mol. The lowest BCUT2D eigenvalue weighted by atomic mass is 10.2. The summed E-state index contributed by atoms with van der Waals surface area (Å²) >= 11 is 1.50. The Morgan fingerprint density at radius 1 is 1.17 bits per heavy atom. The van der Waals surface area contributed by atoms with Gasteiger partial charge >= 0.3 is 0 Å². The third-order valence-corrected chi connectivity index (χ3v) is 4.11. The summed E-state index contributed by atoms with van der Waals surface area (Å²) in [5, 5.41) is 5.31. The molecule has 1 amide bonds. The number of amides is 1. The number of pyridine rings is 1. The summed E-state index contributed by atoms with van der Waals surface area (Å²) in [7, 11) is 0. The third kappa shape index (κ3) is 3.98. The van der Waals surface area contributed by atoms with E-state index in [1.807, 2.05) is 23.6 Å². The molecule has 0 saturated carbocycles. The number of para-hydroxylation sites is 1. The highest BCUT2D eigenvalue weighted by atomic mass is 32.1. The van der Waals surface area contributed by atoms with E-state index >= 15 is 0 Å². The Morgan fingerprint density at radius 3 is 2.78 bits per heavy atom. The minimum atomic E-state index is -0.438. The molecule has 3 aromatic rings. The molecule has 2 aromatic heterocycles. The maximum absolute atomic E-state index is 13.5. The Morgan fingerprint density at radius 2 is 2.00 bits per heavy atom. The van der Waals surface area contributed by atoms with Crippen LogP contribution in [0.5, 0.6) is 0 Å². The highest BCUT2D eigenvalue weighted by Crippen LogP contribution is 2.22. The number of hydrogen-bond acceptors (Lipinski definition) is 4. The molecule has 116 valence electrons. The van der Waals surface area contributed by atoms with Gasteiger partial charge in [-0.1, -0.05) is 18.2 Å².